The number of nitrogens with zero attached hydrogens (tertiary/aromatic N) is 1. The van der Waals surface area contributed by atoms with Crippen LogP contribution < -0.4 is 9.47 Å². The van der Waals surface area contributed by atoms with Gasteiger partial charge in [-0.1, -0.05) is 0 Å². The predicted octanol–water partition coefficient (Wildman–Crippen LogP) is 3.60. The highest BCUT2D eigenvalue weighted by Crippen LogP contribution is 2.43. The molecular weight excluding hydrogens is 377 g/mol. The molecule has 1 aromatic carbocycles. The quantitative estimate of drug-likeness (QED) is 0.679. The summed E-state index contributed by atoms with van der Waals surface area (Å²) >= 11 is 0. The first-order chi connectivity index (χ1) is 13.6. The second kappa shape index (κ2) is 7.99. The smallest absolute Gasteiger partial charge is 0.252 e. The van der Waals surface area contributed by atoms with Gasteiger partial charge in [0.2, 0.25) is 0 Å². The minimum atomic E-state index is -0.593. The second-order valence-corrected chi connectivity index (χ2v) is 7.91. The minimum Gasteiger partial charge on any atom is -0.484 e. The van der Waals surface area contributed by atoms with Gasteiger partial charge in [0.25, 0.3) is 5.91 Å². The van der Waals surface area contributed by atoms with Crippen molar-refractivity contribution in [1.29, 1.82) is 0 Å². The van der Waals surface area contributed by atoms with E-state index in [1.807, 2.05) is 6.92 Å². The number of halogens is 1. The van der Waals surface area contributed by atoms with Crippen molar-refractivity contribution in [3.8, 4) is 11.5 Å². The van der Waals surface area contributed by atoms with E-state index in [1.54, 1.807) is 33.3 Å². The molecule has 3 rings (SSSR count). The van der Waals surface area contributed by atoms with Gasteiger partial charge in [0.1, 0.15) is 28.7 Å². The summed E-state index contributed by atoms with van der Waals surface area (Å²) in [6, 6.07) is 3.36. The Balaban J connectivity index is 1.94. The van der Waals surface area contributed by atoms with E-state index >= 15 is 0 Å². The van der Waals surface area contributed by atoms with Crippen LogP contribution in [-0.2, 0) is 16.0 Å². The van der Waals surface area contributed by atoms with Crippen LogP contribution in [0.2, 0.25) is 0 Å². The lowest BCUT2D eigenvalue weighted by molar-refractivity contribution is -0.125. The standard InChI is InChI=1S/C22H26FNO5/c1-13(25)14-8-19(17-11-22(2,12-27-5)29-20(17)9-14)28-15-6-7-16(18(23)10-15)21(26)24(3)4/h8-10H,6-7,11-12H2,1-5H3. The highest BCUT2D eigenvalue weighted by Gasteiger charge is 2.38. The Bertz CT molecular complexity index is 918. The van der Waals surface area contributed by atoms with Gasteiger partial charge in [-0.25, -0.2) is 4.39 Å². The molecule has 1 amide bonds. The average molecular weight is 403 g/mol. The predicted molar refractivity (Wildman–Crippen MR) is 106 cm³/mol. The minimum absolute atomic E-state index is 0.121. The lowest BCUT2D eigenvalue weighted by atomic mass is 9.97. The van der Waals surface area contributed by atoms with Crippen LogP contribution in [0.25, 0.3) is 0 Å². The molecule has 29 heavy (non-hydrogen) atoms. The number of amides is 1. The summed E-state index contributed by atoms with van der Waals surface area (Å²) in [7, 11) is 4.78. The first-order valence-electron chi connectivity index (χ1n) is 9.48. The summed E-state index contributed by atoms with van der Waals surface area (Å²) in [4.78, 5) is 25.4. The molecule has 0 fully saturated rings. The summed E-state index contributed by atoms with van der Waals surface area (Å²) in [6.07, 6.45) is 2.43. The van der Waals surface area contributed by atoms with Crippen LogP contribution in [-0.4, -0.2) is 50.0 Å². The number of Topliss-reactive ketones (excluding diaryl/α,β-unsaturated/α-hetero) is 1. The molecular formula is C22H26FNO5. The molecule has 0 bridgehead atoms. The van der Waals surface area contributed by atoms with Crippen molar-refractivity contribution in [3.05, 3.63) is 46.5 Å². The maximum Gasteiger partial charge on any atom is 0.252 e. The molecule has 0 radical (unpaired) electrons. The zero-order valence-electron chi connectivity index (χ0n) is 17.4. The monoisotopic (exact) mass is 403 g/mol. The van der Waals surface area contributed by atoms with Crippen LogP contribution in [0, 0.1) is 0 Å². The fraction of sp³-hybridized carbons (Fsp3) is 0.455. The highest BCUT2D eigenvalue weighted by atomic mass is 19.1. The van der Waals surface area contributed by atoms with E-state index in [9.17, 15) is 14.0 Å². The van der Waals surface area contributed by atoms with E-state index in [0.717, 1.165) is 5.56 Å². The number of hydrogen-bond acceptors (Lipinski definition) is 5. The molecule has 1 aliphatic carbocycles. The summed E-state index contributed by atoms with van der Waals surface area (Å²) < 4.78 is 31.8. The number of carbonyl (C=O) groups excluding carboxylic acids is 2. The molecule has 1 aliphatic heterocycles. The topological polar surface area (TPSA) is 65.1 Å². The van der Waals surface area contributed by atoms with E-state index in [4.69, 9.17) is 14.2 Å². The van der Waals surface area contributed by atoms with E-state index in [1.165, 1.54) is 17.9 Å². The zero-order valence-corrected chi connectivity index (χ0v) is 17.4. The maximum absolute atomic E-state index is 14.5. The van der Waals surface area contributed by atoms with Crippen molar-refractivity contribution in [2.24, 2.45) is 0 Å². The number of hydrogen-bond donors (Lipinski definition) is 0. The number of allylic oxidation sites excluding steroid dienone is 3. The first-order valence-corrected chi connectivity index (χ1v) is 9.48. The number of ether oxygens (including phenoxy) is 3. The number of benzene rings is 1. The Hall–Kier alpha value is -2.67. The summed E-state index contributed by atoms with van der Waals surface area (Å²) in [5.41, 5.74) is 0.842. The summed E-state index contributed by atoms with van der Waals surface area (Å²) in [6.45, 7) is 3.78. The van der Waals surface area contributed by atoms with Gasteiger partial charge in [-0.3, -0.25) is 9.59 Å². The van der Waals surface area contributed by atoms with Gasteiger partial charge in [-0.05, 0) is 32.4 Å². The van der Waals surface area contributed by atoms with E-state index in [2.05, 4.69) is 0 Å². The molecule has 0 saturated heterocycles. The van der Waals surface area contributed by atoms with Crippen LogP contribution in [0.15, 0.2) is 35.4 Å². The number of rotatable bonds is 6. The first kappa shape index (κ1) is 21.0. The Morgan fingerprint density at radius 1 is 1.28 bits per heavy atom. The normalized spacial score (nSPS) is 20.7. The molecule has 1 unspecified atom stereocenters. The van der Waals surface area contributed by atoms with Crippen LogP contribution >= 0.6 is 0 Å². The Morgan fingerprint density at radius 3 is 2.59 bits per heavy atom. The molecule has 0 N–H and O–H groups in total. The van der Waals surface area contributed by atoms with Gasteiger partial charge >= 0.3 is 0 Å². The van der Waals surface area contributed by atoms with Crippen molar-refractivity contribution >= 4 is 11.7 Å². The maximum atomic E-state index is 14.5. The van der Waals surface area contributed by atoms with Crippen LogP contribution in [0.1, 0.15) is 42.6 Å². The second-order valence-electron chi connectivity index (χ2n) is 7.91. The fourth-order valence-electron chi connectivity index (χ4n) is 3.61. The lowest BCUT2D eigenvalue weighted by Gasteiger charge is -2.22. The number of ketones is 1. The summed E-state index contributed by atoms with van der Waals surface area (Å²) in [5.74, 6) is 0.383. The van der Waals surface area contributed by atoms with Gasteiger partial charge < -0.3 is 19.1 Å². The number of fused-ring (bicyclic) bond motifs is 1. The lowest BCUT2D eigenvalue weighted by Crippen LogP contribution is -2.35. The molecule has 0 saturated carbocycles. The molecule has 156 valence electrons. The Morgan fingerprint density at radius 2 is 2.00 bits per heavy atom. The number of carbonyl (C=O) groups is 2. The molecule has 6 nitrogen and oxygen atoms in total. The van der Waals surface area contributed by atoms with E-state index in [0.29, 0.717) is 42.3 Å². The van der Waals surface area contributed by atoms with E-state index in [-0.39, 0.29) is 23.7 Å². The van der Waals surface area contributed by atoms with Gasteiger partial charge in [0.15, 0.2) is 5.78 Å². The van der Waals surface area contributed by atoms with Gasteiger partial charge in [0, 0.05) is 51.2 Å². The summed E-state index contributed by atoms with van der Waals surface area (Å²) in [5, 5.41) is 0. The van der Waals surface area contributed by atoms with Crippen molar-refractivity contribution in [2.75, 3.05) is 27.8 Å². The van der Waals surface area contributed by atoms with Crippen molar-refractivity contribution in [1.82, 2.24) is 4.90 Å². The average Bonchev–Trinajstić information content (AvgIpc) is 2.97. The Kier molecular flexibility index (Phi) is 5.80. The Labute approximate surface area is 169 Å². The van der Waals surface area contributed by atoms with Crippen LogP contribution in [0.5, 0.6) is 11.5 Å². The molecule has 0 spiro atoms. The zero-order chi connectivity index (χ0) is 21.3. The molecule has 2 aliphatic rings. The number of likely N-dealkylation sites (N-methyl/N-ethyl adjacent to an activating group) is 1. The van der Waals surface area contributed by atoms with Crippen LogP contribution in [0.4, 0.5) is 4.39 Å². The molecule has 1 atom stereocenters. The molecule has 0 aromatic heterocycles. The fourth-order valence-corrected chi connectivity index (χ4v) is 3.61. The third-order valence-corrected chi connectivity index (χ3v) is 5.03. The highest BCUT2D eigenvalue weighted by molar-refractivity contribution is 5.95. The van der Waals surface area contributed by atoms with Gasteiger partial charge in [-0.2, -0.15) is 0 Å². The van der Waals surface area contributed by atoms with E-state index < -0.39 is 11.4 Å². The molecule has 7 heteroatoms. The molecule has 1 heterocycles. The van der Waals surface area contributed by atoms with Gasteiger partial charge in [-0.15, -0.1) is 0 Å². The number of methoxy groups -OCH3 is 1. The van der Waals surface area contributed by atoms with Gasteiger partial charge in [0.05, 0.1) is 12.2 Å². The van der Waals surface area contributed by atoms with Crippen molar-refractivity contribution in [2.45, 2.75) is 38.7 Å². The SMILES string of the molecule is COCC1(C)Cc2c(OC3=CC(F)=C(C(=O)N(C)C)CC3)cc(C(C)=O)cc2O1. The third kappa shape index (κ3) is 4.34. The van der Waals surface area contributed by atoms with Crippen LogP contribution in [0.3, 0.4) is 0 Å². The van der Waals surface area contributed by atoms with Crippen molar-refractivity contribution < 1.29 is 28.2 Å². The largest absolute Gasteiger partial charge is 0.484 e. The third-order valence-electron chi connectivity index (χ3n) is 5.03. The van der Waals surface area contributed by atoms with Crippen molar-refractivity contribution in [3.63, 3.8) is 0 Å². The molecule has 1 aromatic rings.